The number of ether oxygens (including phenoxy) is 1. The average Bonchev–Trinajstić information content (AvgIpc) is 2.84. The Hall–Kier alpha value is -1.89. The summed E-state index contributed by atoms with van der Waals surface area (Å²) in [4.78, 5) is 2.77. The molecule has 1 N–H and O–H groups in total. The Morgan fingerprint density at radius 1 is 1.03 bits per heavy atom. The lowest BCUT2D eigenvalue weighted by atomic mass is 9.75. The molecule has 0 fully saturated rings. The first-order valence-electron chi connectivity index (χ1n) is 12.6. The van der Waals surface area contributed by atoms with Gasteiger partial charge in [-0.1, -0.05) is 57.5 Å². The molecule has 0 aliphatic carbocycles. The molecule has 6 heteroatoms. The molecule has 1 heterocycles. The molecule has 1 aliphatic rings. The average molecular weight is 488 g/mol. The molecule has 0 amide bonds. The number of nitrogens with zero attached hydrogens (tertiary/aromatic N) is 1. The van der Waals surface area contributed by atoms with Gasteiger partial charge in [-0.15, -0.1) is 0 Å². The van der Waals surface area contributed by atoms with E-state index < -0.39 is 27.3 Å². The maximum absolute atomic E-state index is 13.1. The van der Waals surface area contributed by atoms with Crippen LogP contribution in [0.2, 0.25) is 0 Å². The topological polar surface area (TPSA) is 66.8 Å². The number of aliphatic hydroxyl groups is 1. The third-order valence-electron chi connectivity index (χ3n) is 7.03. The van der Waals surface area contributed by atoms with Crippen molar-refractivity contribution in [3.05, 3.63) is 59.2 Å². The van der Waals surface area contributed by atoms with Crippen molar-refractivity contribution in [1.82, 2.24) is 4.90 Å². The smallest absolute Gasteiger partial charge is 0.179 e. The molecular formula is C28H41NO4S. The highest BCUT2D eigenvalue weighted by Crippen LogP contribution is 2.44. The minimum Gasteiger partial charge on any atom is -0.494 e. The van der Waals surface area contributed by atoms with Gasteiger partial charge in [-0.3, -0.25) is 0 Å². The molecule has 34 heavy (non-hydrogen) atoms. The molecule has 3 rings (SSSR count). The first-order valence-corrected chi connectivity index (χ1v) is 14.2. The summed E-state index contributed by atoms with van der Waals surface area (Å²) in [6, 6.07) is 13.2. The SMILES string of the molecule is CCN(CC)CCCCCOc1ccc([C@@H]2c3cc(C)ccc3S(=O)(=O)CC(C)(C)[C@@H]2O)cc1. The minimum absolute atomic E-state index is 0.0802. The van der Waals surface area contributed by atoms with Crippen LogP contribution in [-0.4, -0.2) is 56.5 Å². The van der Waals surface area contributed by atoms with Crippen molar-refractivity contribution < 1.29 is 18.3 Å². The van der Waals surface area contributed by atoms with Crippen LogP contribution >= 0.6 is 0 Å². The van der Waals surface area contributed by atoms with Crippen LogP contribution in [0.3, 0.4) is 0 Å². The first kappa shape index (κ1) is 26.7. The summed E-state index contributed by atoms with van der Waals surface area (Å²) in [7, 11) is -3.50. The summed E-state index contributed by atoms with van der Waals surface area (Å²) in [6.07, 6.45) is 2.51. The van der Waals surface area contributed by atoms with Gasteiger partial charge in [0.15, 0.2) is 9.84 Å². The van der Waals surface area contributed by atoms with E-state index in [1.807, 2.05) is 57.2 Å². The molecule has 0 saturated carbocycles. The van der Waals surface area contributed by atoms with Crippen LogP contribution in [0.1, 0.15) is 69.6 Å². The predicted octanol–water partition coefficient (Wildman–Crippen LogP) is 5.19. The van der Waals surface area contributed by atoms with Crippen LogP contribution in [0.15, 0.2) is 47.4 Å². The van der Waals surface area contributed by atoms with Crippen molar-refractivity contribution in [3.8, 4) is 5.75 Å². The van der Waals surface area contributed by atoms with Crippen LogP contribution in [-0.2, 0) is 9.84 Å². The highest BCUT2D eigenvalue weighted by Gasteiger charge is 2.44. The first-order chi connectivity index (χ1) is 16.1. The Labute approximate surface area is 206 Å². The molecule has 0 radical (unpaired) electrons. The van der Waals surface area contributed by atoms with E-state index in [2.05, 4.69) is 18.7 Å². The third-order valence-corrected chi connectivity index (χ3v) is 9.20. The number of hydrogen-bond donors (Lipinski definition) is 1. The fourth-order valence-electron chi connectivity index (χ4n) is 4.95. The number of fused-ring (bicyclic) bond motifs is 1. The fourth-order valence-corrected chi connectivity index (χ4v) is 7.07. The molecule has 0 bridgehead atoms. The number of unbranched alkanes of at least 4 members (excludes halogenated alkanes) is 2. The zero-order valence-electron chi connectivity index (χ0n) is 21.4. The molecule has 0 saturated heterocycles. The number of rotatable bonds is 10. The normalized spacial score (nSPS) is 21.1. The van der Waals surface area contributed by atoms with Crippen LogP contribution in [0.25, 0.3) is 0 Å². The van der Waals surface area contributed by atoms with Crippen molar-refractivity contribution in [2.45, 2.75) is 70.8 Å². The summed E-state index contributed by atoms with van der Waals surface area (Å²) < 4.78 is 32.2. The molecule has 0 aromatic heterocycles. The largest absolute Gasteiger partial charge is 0.494 e. The molecule has 2 aromatic rings. The maximum atomic E-state index is 13.1. The number of sulfone groups is 1. The molecule has 0 spiro atoms. The number of aryl methyl sites for hydroxylation is 1. The van der Waals surface area contributed by atoms with Crippen LogP contribution in [0, 0.1) is 12.3 Å². The third kappa shape index (κ3) is 6.21. The molecule has 2 atom stereocenters. The van der Waals surface area contributed by atoms with E-state index in [-0.39, 0.29) is 5.75 Å². The van der Waals surface area contributed by atoms with Crippen molar-refractivity contribution in [3.63, 3.8) is 0 Å². The van der Waals surface area contributed by atoms with Crippen LogP contribution in [0.5, 0.6) is 5.75 Å². The zero-order valence-corrected chi connectivity index (χ0v) is 22.2. The molecule has 0 unspecified atom stereocenters. The molecule has 1 aliphatic heterocycles. The summed E-state index contributed by atoms with van der Waals surface area (Å²) in [5.74, 6) is 0.298. The Morgan fingerprint density at radius 3 is 2.35 bits per heavy atom. The summed E-state index contributed by atoms with van der Waals surface area (Å²) in [6.45, 7) is 14.0. The highest BCUT2D eigenvalue weighted by molar-refractivity contribution is 7.91. The Balaban J connectivity index is 1.73. The van der Waals surface area contributed by atoms with Crippen molar-refractivity contribution in [1.29, 1.82) is 0 Å². The monoisotopic (exact) mass is 487 g/mol. The van der Waals surface area contributed by atoms with Crippen molar-refractivity contribution in [2.24, 2.45) is 5.41 Å². The lowest BCUT2D eigenvalue weighted by Gasteiger charge is -2.33. The van der Waals surface area contributed by atoms with E-state index >= 15 is 0 Å². The molecule has 188 valence electrons. The summed E-state index contributed by atoms with van der Waals surface area (Å²) in [5, 5.41) is 11.4. The molecule has 5 nitrogen and oxygen atoms in total. The molecular weight excluding hydrogens is 446 g/mol. The lowest BCUT2D eigenvalue weighted by Crippen LogP contribution is -2.38. The van der Waals surface area contributed by atoms with Crippen molar-refractivity contribution in [2.75, 3.05) is 32.0 Å². The second kappa shape index (κ2) is 11.2. The summed E-state index contributed by atoms with van der Waals surface area (Å²) >= 11 is 0. The van der Waals surface area contributed by atoms with Gasteiger partial charge < -0.3 is 14.7 Å². The second-order valence-electron chi connectivity index (χ2n) is 10.2. The van der Waals surface area contributed by atoms with Gasteiger partial charge in [-0.05, 0) is 75.1 Å². The van der Waals surface area contributed by atoms with Gasteiger partial charge in [-0.2, -0.15) is 0 Å². The number of hydrogen-bond acceptors (Lipinski definition) is 5. The number of benzene rings is 2. The second-order valence-corrected chi connectivity index (χ2v) is 12.2. The van der Waals surface area contributed by atoms with Crippen LogP contribution < -0.4 is 4.74 Å². The summed E-state index contributed by atoms with van der Waals surface area (Å²) in [5.41, 5.74) is 1.78. The maximum Gasteiger partial charge on any atom is 0.179 e. The number of aliphatic hydroxyl groups excluding tert-OH is 1. The van der Waals surface area contributed by atoms with E-state index in [1.165, 1.54) is 6.42 Å². The van der Waals surface area contributed by atoms with Crippen molar-refractivity contribution >= 4 is 9.84 Å². The van der Waals surface area contributed by atoms with Gasteiger partial charge in [0.25, 0.3) is 0 Å². The van der Waals surface area contributed by atoms with Gasteiger partial charge in [-0.25, -0.2) is 8.42 Å². The Morgan fingerprint density at radius 2 is 1.71 bits per heavy atom. The Kier molecular flexibility index (Phi) is 8.82. The van der Waals surface area contributed by atoms with E-state index in [0.717, 1.165) is 49.4 Å². The quantitative estimate of drug-likeness (QED) is 0.467. The lowest BCUT2D eigenvalue weighted by molar-refractivity contribution is 0.0521. The highest BCUT2D eigenvalue weighted by atomic mass is 32.2. The van der Waals surface area contributed by atoms with E-state index in [0.29, 0.717) is 17.1 Å². The minimum atomic E-state index is -3.50. The van der Waals surface area contributed by atoms with Gasteiger partial charge in [0.1, 0.15) is 5.75 Å². The van der Waals surface area contributed by atoms with E-state index in [1.54, 1.807) is 6.07 Å². The van der Waals surface area contributed by atoms with E-state index in [9.17, 15) is 13.5 Å². The molecule has 2 aromatic carbocycles. The standard InChI is InChI=1S/C28H41NO4S/c1-6-29(7-2)17-9-8-10-18-33-23-14-12-22(13-15-23)26-24-19-21(3)11-16-25(24)34(31,32)20-28(4,5)27(26)30/h11-16,19,26-27,30H,6-10,17-18,20H2,1-5H3/t26-,27-/m1/s1. The van der Waals surface area contributed by atoms with Gasteiger partial charge in [0.05, 0.1) is 23.4 Å². The van der Waals surface area contributed by atoms with E-state index in [4.69, 9.17) is 4.74 Å². The van der Waals surface area contributed by atoms with Crippen LogP contribution in [0.4, 0.5) is 0 Å². The fraction of sp³-hybridized carbons (Fsp3) is 0.571. The Bertz CT molecular complexity index is 1040. The predicted molar refractivity (Wildman–Crippen MR) is 138 cm³/mol. The van der Waals surface area contributed by atoms with Gasteiger partial charge >= 0.3 is 0 Å². The van der Waals surface area contributed by atoms with Gasteiger partial charge in [0, 0.05) is 11.3 Å². The van der Waals surface area contributed by atoms with Gasteiger partial charge in [0.2, 0.25) is 0 Å². The zero-order chi connectivity index (χ0) is 24.9.